The summed E-state index contributed by atoms with van der Waals surface area (Å²) in [7, 11) is 0. The standard InChI is InChI=1S/C20H16N6O3/c27-20(23-22-12-15-11-21-18-4-2-1-3-17(15)18)19-9-10-25(24-19)13-14-5-7-16(8-6-14)26(28)29/h1-12,21H,13H2,(H,23,27)/b22-12-. The number of fused-ring (bicyclic) bond motifs is 1. The fourth-order valence-corrected chi connectivity index (χ4v) is 2.90. The summed E-state index contributed by atoms with van der Waals surface area (Å²) in [4.78, 5) is 25.6. The van der Waals surface area contributed by atoms with E-state index in [4.69, 9.17) is 0 Å². The molecule has 0 atom stereocenters. The summed E-state index contributed by atoms with van der Waals surface area (Å²) in [6.45, 7) is 0.393. The summed E-state index contributed by atoms with van der Waals surface area (Å²) in [6, 6.07) is 15.6. The Hall–Kier alpha value is -4.27. The largest absolute Gasteiger partial charge is 0.361 e. The average Bonchev–Trinajstić information content (AvgIpc) is 3.36. The van der Waals surface area contributed by atoms with E-state index < -0.39 is 10.8 Å². The van der Waals surface area contributed by atoms with E-state index in [0.717, 1.165) is 22.0 Å². The molecule has 2 N–H and O–H groups in total. The quantitative estimate of drug-likeness (QED) is 0.300. The first-order valence-corrected chi connectivity index (χ1v) is 8.76. The van der Waals surface area contributed by atoms with Crippen LogP contribution in [0.1, 0.15) is 21.6 Å². The van der Waals surface area contributed by atoms with Gasteiger partial charge in [-0.2, -0.15) is 10.2 Å². The molecule has 0 unspecified atom stereocenters. The zero-order valence-electron chi connectivity index (χ0n) is 15.1. The van der Waals surface area contributed by atoms with Crippen LogP contribution in [-0.4, -0.2) is 31.8 Å². The molecule has 9 nitrogen and oxygen atoms in total. The molecule has 0 radical (unpaired) electrons. The van der Waals surface area contributed by atoms with Crippen LogP contribution in [0.5, 0.6) is 0 Å². The van der Waals surface area contributed by atoms with E-state index in [-0.39, 0.29) is 11.4 Å². The van der Waals surface area contributed by atoms with Crippen LogP contribution in [0.15, 0.2) is 72.1 Å². The van der Waals surface area contributed by atoms with Crippen LogP contribution >= 0.6 is 0 Å². The molecule has 4 rings (SSSR count). The first-order chi connectivity index (χ1) is 14.1. The number of non-ortho nitro benzene ring substituents is 1. The number of hydrogen-bond acceptors (Lipinski definition) is 5. The Balaban J connectivity index is 1.38. The average molecular weight is 388 g/mol. The van der Waals surface area contributed by atoms with Gasteiger partial charge in [0.25, 0.3) is 11.6 Å². The highest BCUT2D eigenvalue weighted by Gasteiger charge is 2.10. The number of nitro groups is 1. The summed E-state index contributed by atoms with van der Waals surface area (Å²) in [5, 5.41) is 19.9. The van der Waals surface area contributed by atoms with Gasteiger partial charge < -0.3 is 4.98 Å². The van der Waals surface area contributed by atoms with Gasteiger partial charge in [-0.25, -0.2) is 5.43 Å². The number of carbonyl (C=O) groups is 1. The van der Waals surface area contributed by atoms with Crippen LogP contribution < -0.4 is 5.43 Å². The molecule has 1 amide bonds. The van der Waals surface area contributed by atoms with Gasteiger partial charge in [0.15, 0.2) is 5.69 Å². The van der Waals surface area contributed by atoms with Crippen LogP contribution in [-0.2, 0) is 6.54 Å². The molecule has 29 heavy (non-hydrogen) atoms. The van der Waals surface area contributed by atoms with Crippen LogP contribution in [0.25, 0.3) is 10.9 Å². The lowest BCUT2D eigenvalue weighted by molar-refractivity contribution is -0.384. The maximum atomic E-state index is 12.2. The summed E-state index contributed by atoms with van der Waals surface area (Å²) in [5.74, 6) is -0.427. The number of nitro benzene ring substituents is 1. The van der Waals surface area contributed by atoms with Crippen molar-refractivity contribution in [1.82, 2.24) is 20.2 Å². The molecule has 0 saturated heterocycles. The highest BCUT2D eigenvalue weighted by Crippen LogP contribution is 2.15. The Kier molecular flexibility index (Phi) is 4.85. The van der Waals surface area contributed by atoms with E-state index in [2.05, 4.69) is 20.6 Å². The van der Waals surface area contributed by atoms with E-state index in [1.165, 1.54) is 12.1 Å². The number of hydrogen-bond donors (Lipinski definition) is 2. The second-order valence-electron chi connectivity index (χ2n) is 6.31. The van der Waals surface area contributed by atoms with E-state index in [0.29, 0.717) is 6.54 Å². The van der Waals surface area contributed by atoms with E-state index in [1.54, 1.807) is 35.3 Å². The lowest BCUT2D eigenvalue weighted by Gasteiger charge is -2.01. The van der Waals surface area contributed by atoms with Crippen molar-refractivity contribution in [2.75, 3.05) is 0 Å². The van der Waals surface area contributed by atoms with Gasteiger partial charge in [-0.15, -0.1) is 0 Å². The molecule has 0 bridgehead atoms. The number of nitrogens with one attached hydrogen (secondary N) is 2. The first-order valence-electron chi connectivity index (χ1n) is 8.76. The van der Waals surface area contributed by atoms with Gasteiger partial charge >= 0.3 is 0 Å². The van der Waals surface area contributed by atoms with Crippen molar-refractivity contribution in [3.63, 3.8) is 0 Å². The predicted octanol–water partition coefficient (Wildman–Crippen LogP) is 3.08. The van der Waals surface area contributed by atoms with Crippen molar-refractivity contribution in [1.29, 1.82) is 0 Å². The number of benzene rings is 2. The second-order valence-corrected chi connectivity index (χ2v) is 6.31. The molecular weight excluding hydrogens is 372 g/mol. The smallest absolute Gasteiger partial charge is 0.291 e. The molecule has 9 heteroatoms. The first kappa shape index (κ1) is 18.1. The number of para-hydroxylation sites is 1. The molecule has 0 aliphatic heterocycles. The van der Waals surface area contributed by atoms with E-state index in [1.807, 2.05) is 30.5 Å². The van der Waals surface area contributed by atoms with Gasteiger partial charge in [0.05, 0.1) is 17.7 Å². The Morgan fingerprint density at radius 2 is 2.00 bits per heavy atom. The lowest BCUT2D eigenvalue weighted by Crippen LogP contribution is -2.18. The number of hydrazone groups is 1. The summed E-state index contributed by atoms with van der Waals surface area (Å²) in [6.07, 6.45) is 5.06. The fourth-order valence-electron chi connectivity index (χ4n) is 2.90. The van der Waals surface area contributed by atoms with Gasteiger partial charge in [-0.1, -0.05) is 30.3 Å². The third kappa shape index (κ3) is 4.03. The summed E-state index contributed by atoms with van der Waals surface area (Å²) >= 11 is 0. The molecular formula is C20H16N6O3. The Morgan fingerprint density at radius 3 is 2.79 bits per heavy atom. The monoisotopic (exact) mass is 388 g/mol. The SMILES string of the molecule is O=C(N/N=C\c1c[nH]c2ccccc12)c1ccn(Cc2ccc([N+](=O)[O-])cc2)n1. The highest BCUT2D eigenvalue weighted by molar-refractivity contribution is 5.99. The maximum Gasteiger partial charge on any atom is 0.291 e. The predicted molar refractivity (Wildman–Crippen MR) is 108 cm³/mol. The van der Waals surface area contributed by atoms with E-state index >= 15 is 0 Å². The minimum atomic E-state index is -0.447. The number of amides is 1. The van der Waals surface area contributed by atoms with Crippen molar-refractivity contribution in [3.05, 3.63) is 93.9 Å². The van der Waals surface area contributed by atoms with Crippen LogP contribution in [0.2, 0.25) is 0 Å². The number of carbonyl (C=O) groups excluding carboxylic acids is 1. The number of nitrogens with zero attached hydrogens (tertiary/aromatic N) is 4. The lowest BCUT2D eigenvalue weighted by atomic mass is 10.2. The normalized spacial score (nSPS) is 11.2. The Bertz CT molecular complexity index is 1210. The van der Waals surface area contributed by atoms with Gasteiger partial charge in [-0.05, 0) is 17.7 Å². The third-order valence-electron chi connectivity index (χ3n) is 4.36. The summed E-state index contributed by atoms with van der Waals surface area (Å²) < 4.78 is 1.58. The second kappa shape index (κ2) is 7.77. The van der Waals surface area contributed by atoms with Gasteiger partial charge in [0, 0.05) is 41.0 Å². The zero-order chi connectivity index (χ0) is 20.2. The minimum Gasteiger partial charge on any atom is -0.361 e. The van der Waals surface area contributed by atoms with Crippen molar-refractivity contribution >= 4 is 28.7 Å². The van der Waals surface area contributed by atoms with Crippen LogP contribution in [0.3, 0.4) is 0 Å². The molecule has 0 fully saturated rings. The summed E-state index contributed by atoms with van der Waals surface area (Å²) in [5.41, 5.74) is 5.41. The number of aromatic amines is 1. The molecule has 0 saturated carbocycles. The molecule has 2 aromatic heterocycles. The molecule has 0 aliphatic rings. The van der Waals surface area contributed by atoms with E-state index in [9.17, 15) is 14.9 Å². The number of H-pyrrole nitrogens is 1. The number of rotatable bonds is 6. The van der Waals surface area contributed by atoms with Gasteiger partial charge in [-0.3, -0.25) is 19.6 Å². The molecule has 0 aliphatic carbocycles. The van der Waals surface area contributed by atoms with Crippen LogP contribution in [0, 0.1) is 10.1 Å². The molecule has 2 heterocycles. The third-order valence-corrected chi connectivity index (χ3v) is 4.36. The molecule has 144 valence electrons. The van der Waals surface area contributed by atoms with Gasteiger partial charge in [0.1, 0.15) is 0 Å². The fraction of sp³-hybridized carbons (Fsp3) is 0.0500. The molecule has 4 aromatic rings. The Labute approximate surface area is 164 Å². The van der Waals surface area contributed by atoms with Crippen molar-refractivity contribution in [2.24, 2.45) is 5.10 Å². The molecule has 0 spiro atoms. The Morgan fingerprint density at radius 1 is 1.21 bits per heavy atom. The maximum absolute atomic E-state index is 12.2. The van der Waals surface area contributed by atoms with Crippen molar-refractivity contribution < 1.29 is 9.72 Å². The van der Waals surface area contributed by atoms with Gasteiger partial charge in [0.2, 0.25) is 0 Å². The molecule has 2 aromatic carbocycles. The topological polar surface area (TPSA) is 118 Å². The van der Waals surface area contributed by atoms with Crippen molar-refractivity contribution in [3.8, 4) is 0 Å². The highest BCUT2D eigenvalue weighted by atomic mass is 16.6. The van der Waals surface area contributed by atoms with Crippen molar-refractivity contribution in [2.45, 2.75) is 6.54 Å². The van der Waals surface area contributed by atoms with Crippen LogP contribution in [0.4, 0.5) is 5.69 Å². The number of aromatic nitrogens is 3. The zero-order valence-corrected chi connectivity index (χ0v) is 15.1. The minimum absolute atomic E-state index is 0.0299.